The molecule has 1 aliphatic carbocycles. The Hall–Kier alpha value is -1.30. The molecule has 98 valence electrons. The van der Waals surface area contributed by atoms with E-state index in [0.29, 0.717) is 17.7 Å². The van der Waals surface area contributed by atoms with Crippen molar-refractivity contribution in [1.82, 2.24) is 4.98 Å². The van der Waals surface area contributed by atoms with Crippen molar-refractivity contribution in [2.75, 3.05) is 0 Å². The van der Waals surface area contributed by atoms with Crippen LogP contribution in [0.25, 0.3) is 0 Å². The minimum absolute atomic E-state index is 0.256. The number of nitrogens with zero attached hydrogens (tertiary/aromatic N) is 1. The molecule has 18 heavy (non-hydrogen) atoms. The van der Waals surface area contributed by atoms with Gasteiger partial charge in [-0.1, -0.05) is 0 Å². The van der Waals surface area contributed by atoms with Gasteiger partial charge in [-0.15, -0.1) is 0 Å². The predicted molar refractivity (Wildman–Crippen MR) is 58.0 cm³/mol. The average Bonchev–Trinajstić information content (AvgIpc) is 2.25. The molecule has 0 saturated heterocycles. The van der Waals surface area contributed by atoms with Gasteiger partial charge in [-0.25, -0.2) is 4.98 Å². The summed E-state index contributed by atoms with van der Waals surface area (Å²) in [6.07, 6.45) is 0.206. The molecule has 1 aromatic heterocycles. The minimum Gasteiger partial charge on any atom is -0.485 e. The molecule has 1 aromatic rings. The van der Waals surface area contributed by atoms with E-state index in [1.54, 1.807) is 0 Å². The lowest BCUT2D eigenvalue weighted by molar-refractivity contribution is -0.141. The van der Waals surface area contributed by atoms with Crippen LogP contribution < -0.4 is 10.5 Å². The van der Waals surface area contributed by atoms with Crippen LogP contribution in [0, 0.1) is 0 Å². The smallest absolute Gasteiger partial charge is 0.433 e. The standard InChI is InChI=1S/C12H13F3N2O/c13-12(14,15)10-4-7-8(16)5-11(2-1-3-11)18-9(7)6-17-10/h4,6,8H,1-3,5,16H2/t8-/m0/s1. The molecule has 0 aromatic carbocycles. The number of halogens is 3. The molecule has 3 rings (SSSR count). The Balaban J connectivity index is 1.98. The highest BCUT2D eigenvalue weighted by Gasteiger charge is 2.45. The van der Waals surface area contributed by atoms with Gasteiger partial charge in [-0.2, -0.15) is 13.2 Å². The van der Waals surface area contributed by atoms with Gasteiger partial charge in [0.25, 0.3) is 0 Å². The van der Waals surface area contributed by atoms with Crippen LogP contribution in [0.4, 0.5) is 13.2 Å². The summed E-state index contributed by atoms with van der Waals surface area (Å²) in [7, 11) is 0. The maximum atomic E-state index is 12.6. The molecule has 0 radical (unpaired) electrons. The van der Waals surface area contributed by atoms with Gasteiger partial charge >= 0.3 is 6.18 Å². The van der Waals surface area contributed by atoms with Crippen molar-refractivity contribution in [2.24, 2.45) is 5.73 Å². The summed E-state index contributed by atoms with van der Waals surface area (Å²) in [6.45, 7) is 0. The zero-order valence-electron chi connectivity index (χ0n) is 9.63. The van der Waals surface area contributed by atoms with E-state index < -0.39 is 17.9 Å². The van der Waals surface area contributed by atoms with E-state index in [9.17, 15) is 13.2 Å². The van der Waals surface area contributed by atoms with Gasteiger partial charge in [-0.05, 0) is 25.3 Å². The quantitative estimate of drug-likeness (QED) is 0.778. The number of aromatic nitrogens is 1. The number of ether oxygens (including phenoxy) is 1. The number of hydrogen-bond donors (Lipinski definition) is 1. The van der Waals surface area contributed by atoms with Gasteiger partial charge in [0.15, 0.2) is 0 Å². The second kappa shape index (κ2) is 3.60. The molecule has 1 spiro atoms. The maximum Gasteiger partial charge on any atom is 0.433 e. The topological polar surface area (TPSA) is 48.1 Å². The number of rotatable bonds is 0. The molecular formula is C12H13F3N2O. The van der Waals surface area contributed by atoms with Crippen LogP contribution in [0.1, 0.15) is 43.0 Å². The van der Waals surface area contributed by atoms with Crippen molar-refractivity contribution in [1.29, 1.82) is 0 Å². The zero-order chi connectivity index (χ0) is 13.0. The van der Waals surface area contributed by atoms with Gasteiger partial charge < -0.3 is 10.5 Å². The molecule has 2 heterocycles. The van der Waals surface area contributed by atoms with E-state index in [1.165, 1.54) is 0 Å². The van der Waals surface area contributed by atoms with Crippen molar-refractivity contribution in [3.05, 3.63) is 23.5 Å². The molecule has 6 heteroatoms. The zero-order valence-corrected chi connectivity index (χ0v) is 9.63. The summed E-state index contributed by atoms with van der Waals surface area (Å²) in [4.78, 5) is 3.42. The highest BCUT2D eigenvalue weighted by Crippen LogP contribution is 2.48. The number of nitrogens with two attached hydrogens (primary N) is 1. The third-order valence-electron chi connectivity index (χ3n) is 3.77. The van der Waals surface area contributed by atoms with Crippen LogP contribution in [-0.4, -0.2) is 10.6 Å². The van der Waals surface area contributed by atoms with Crippen molar-refractivity contribution in [3.63, 3.8) is 0 Å². The lowest BCUT2D eigenvalue weighted by Crippen LogP contribution is -2.48. The predicted octanol–water partition coefficient (Wildman–Crippen LogP) is 2.81. The van der Waals surface area contributed by atoms with Crippen LogP contribution in [-0.2, 0) is 6.18 Å². The first kappa shape index (κ1) is 11.8. The molecule has 2 aliphatic rings. The minimum atomic E-state index is -4.44. The Kier molecular flexibility index (Phi) is 2.35. The fraction of sp³-hybridized carbons (Fsp3) is 0.583. The first-order chi connectivity index (χ1) is 8.40. The lowest BCUT2D eigenvalue weighted by Gasteiger charge is -2.47. The number of pyridine rings is 1. The highest BCUT2D eigenvalue weighted by atomic mass is 19.4. The highest BCUT2D eigenvalue weighted by molar-refractivity contribution is 5.39. The SMILES string of the molecule is N[C@H]1CC2(CCC2)Oc2cnc(C(F)(F)F)cc21. The van der Waals surface area contributed by atoms with Gasteiger partial charge in [-0.3, -0.25) is 0 Å². The normalized spacial score (nSPS) is 25.2. The molecule has 0 amide bonds. The van der Waals surface area contributed by atoms with Crippen molar-refractivity contribution >= 4 is 0 Å². The summed E-state index contributed by atoms with van der Waals surface area (Å²) in [5.74, 6) is 0.404. The Labute approximate surface area is 102 Å². The first-order valence-corrected chi connectivity index (χ1v) is 5.91. The Morgan fingerprint density at radius 1 is 1.39 bits per heavy atom. The van der Waals surface area contributed by atoms with E-state index in [-0.39, 0.29) is 5.60 Å². The molecule has 0 unspecified atom stereocenters. The molecule has 0 bridgehead atoms. The van der Waals surface area contributed by atoms with E-state index in [4.69, 9.17) is 10.5 Å². The summed E-state index contributed by atoms with van der Waals surface area (Å²) >= 11 is 0. The van der Waals surface area contributed by atoms with E-state index in [2.05, 4.69) is 4.98 Å². The summed E-state index contributed by atoms with van der Waals surface area (Å²) < 4.78 is 43.5. The molecule has 1 saturated carbocycles. The van der Waals surface area contributed by atoms with Gasteiger partial charge in [0, 0.05) is 18.0 Å². The van der Waals surface area contributed by atoms with E-state index in [0.717, 1.165) is 31.5 Å². The largest absolute Gasteiger partial charge is 0.485 e. The van der Waals surface area contributed by atoms with Crippen LogP contribution in [0.5, 0.6) is 5.75 Å². The van der Waals surface area contributed by atoms with Gasteiger partial charge in [0.05, 0.1) is 6.20 Å². The maximum absolute atomic E-state index is 12.6. The number of hydrogen-bond acceptors (Lipinski definition) is 3. The van der Waals surface area contributed by atoms with Crippen LogP contribution >= 0.6 is 0 Å². The first-order valence-electron chi connectivity index (χ1n) is 5.91. The molecule has 1 fully saturated rings. The van der Waals surface area contributed by atoms with Crippen LogP contribution in [0.3, 0.4) is 0 Å². The van der Waals surface area contributed by atoms with Crippen molar-refractivity contribution in [3.8, 4) is 5.75 Å². The Bertz CT molecular complexity index is 483. The number of alkyl halides is 3. The molecule has 2 N–H and O–H groups in total. The second-order valence-electron chi connectivity index (χ2n) is 5.05. The third-order valence-corrected chi connectivity index (χ3v) is 3.77. The molecular weight excluding hydrogens is 245 g/mol. The van der Waals surface area contributed by atoms with E-state index >= 15 is 0 Å². The number of fused-ring (bicyclic) bond motifs is 1. The van der Waals surface area contributed by atoms with Gasteiger partial charge in [0.1, 0.15) is 17.0 Å². The van der Waals surface area contributed by atoms with Crippen molar-refractivity contribution in [2.45, 2.75) is 43.5 Å². The third kappa shape index (κ3) is 1.75. The Morgan fingerprint density at radius 3 is 2.67 bits per heavy atom. The van der Waals surface area contributed by atoms with Crippen molar-refractivity contribution < 1.29 is 17.9 Å². The lowest BCUT2D eigenvalue weighted by atomic mass is 9.73. The molecule has 1 aliphatic heterocycles. The van der Waals surface area contributed by atoms with E-state index in [1.807, 2.05) is 0 Å². The molecule has 3 nitrogen and oxygen atoms in total. The molecule has 1 atom stereocenters. The average molecular weight is 258 g/mol. The fourth-order valence-electron chi connectivity index (χ4n) is 2.65. The van der Waals surface area contributed by atoms with Gasteiger partial charge in [0.2, 0.25) is 0 Å². The summed E-state index contributed by atoms with van der Waals surface area (Å²) in [6, 6.07) is 0.601. The van der Waals surface area contributed by atoms with Crippen LogP contribution in [0.15, 0.2) is 12.3 Å². The van der Waals surface area contributed by atoms with Crippen LogP contribution in [0.2, 0.25) is 0 Å². The summed E-state index contributed by atoms with van der Waals surface area (Å²) in [5, 5.41) is 0. The Morgan fingerprint density at radius 2 is 2.11 bits per heavy atom. The second-order valence-corrected chi connectivity index (χ2v) is 5.05. The summed E-state index contributed by atoms with van der Waals surface area (Å²) in [5.41, 5.74) is 5.21. The fourth-order valence-corrected chi connectivity index (χ4v) is 2.65. The monoisotopic (exact) mass is 258 g/mol.